The molecule has 0 unspecified atom stereocenters. The third-order valence-corrected chi connectivity index (χ3v) is 3.37. The number of hydrogen-bond acceptors (Lipinski definition) is 4. The zero-order chi connectivity index (χ0) is 12.2. The molecule has 0 bridgehead atoms. The van der Waals surface area contributed by atoms with E-state index >= 15 is 0 Å². The fraction of sp³-hybridized carbons (Fsp3) is 0.300. The van der Waals surface area contributed by atoms with Crippen LogP contribution in [-0.4, -0.2) is 27.2 Å². The number of phenolic OH excluding ortho intramolecular Hbond substituents is 1. The van der Waals surface area contributed by atoms with Crippen LogP contribution < -0.4 is 9.46 Å². The summed E-state index contributed by atoms with van der Waals surface area (Å²) in [5.74, 6) is -0.245. The van der Waals surface area contributed by atoms with Crippen molar-refractivity contribution in [3.05, 3.63) is 25.1 Å². The van der Waals surface area contributed by atoms with Crippen LogP contribution in [0.25, 0.3) is 0 Å². The van der Waals surface area contributed by atoms with E-state index in [0.717, 1.165) is 0 Å². The number of ether oxygens (including phenoxy) is 1. The lowest BCUT2D eigenvalue weighted by atomic mass is 10.3. The van der Waals surface area contributed by atoms with Crippen LogP contribution in [-0.2, 0) is 10.0 Å². The summed E-state index contributed by atoms with van der Waals surface area (Å²) < 4.78 is 30.3. The fourth-order valence-corrected chi connectivity index (χ4v) is 1.96. The van der Waals surface area contributed by atoms with Crippen LogP contribution in [0.3, 0.4) is 0 Å². The maximum atomic E-state index is 11.5. The van der Waals surface area contributed by atoms with Crippen LogP contribution in [0.5, 0.6) is 11.5 Å². The topological polar surface area (TPSA) is 75.6 Å². The van der Waals surface area contributed by atoms with E-state index in [1.165, 1.54) is 25.2 Å². The van der Waals surface area contributed by atoms with Gasteiger partial charge in [-0.2, -0.15) is 0 Å². The molecular weight excluding hydrogens is 230 g/mol. The van der Waals surface area contributed by atoms with Crippen molar-refractivity contribution in [1.29, 1.82) is 0 Å². The highest BCUT2D eigenvalue weighted by molar-refractivity contribution is 7.89. The normalized spacial score (nSPS) is 11.4. The van der Waals surface area contributed by atoms with Gasteiger partial charge in [0.2, 0.25) is 10.0 Å². The molecule has 6 heteroatoms. The molecule has 0 amide bonds. The molecule has 0 spiro atoms. The van der Waals surface area contributed by atoms with Crippen LogP contribution in [0.1, 0.15) is 6.42 Å². The van der Waals surface area contributed by atoms with Crippen molar-refractivity contribution in [1.82, 2.24) is 4.72 Å². The van der Waals surface area contributed by atoms with Crippen LogP contribution in [0, 0.1) is 6.92 Å². The number of aromatic hydroxyl groups is 1. The second-order valence-corrected chi connectivity index (χ2v) is 4.87. The fourth-order valence-electron chi connectivity index (χ4n) is 1.13. The minimum absolute atomic E-state index is 0.139. The van der Waals surface area contributed by atoms with Gasteiger partial charge in [-0.05, 0) is 32.5 Å². The first-order valence-corrected chi connectivity index (χ1v) is 6.19. The van der Waals surface area contributed by atoms with Crippen molar-refractivity contribution >= 4 is 10.0 Å². The minimum Gasteiger partial charge on any atom is -0.503 e. The van der Waals surface area contributed by atoms with Gasteiger partial charge in [-0.15, -0.1) is 0 Å². The Bertz CT molecular complexity index is 456. The molecule has 16 heavy (non-hydrogen) atoms. The van der Waals surface area contributed by atoms with Crippen LogP contribution in [0.15, 0.2) is 23.1 Å². The highest BCUT2D eigenvalue weighted by Crippen LogP contribution is 2.32. The van der Waals surface area contributed by atoms with Crippen molar-refractivity contribution in [3.63, 3.8) is 0 Å². The van der Waals surface area contributed by atoms with E-state index in [4.69, 9.17) is 4.74 Å². The van der Waals surface area contributed by atoms with Crippen molar-refractivity contribution in [2.75, 3.05) is 13.7 Å². The van der Waals surface area contributed by atoms with E-state index in [1.807, 2.05) is 0 Å². The predicted molar refractivity (Wildman–Crippen MR) is 59.8 cm³/mol. The summed E-state index contributed by atoms with van der Waals surface area (Å²) >= 11 is 0. The summed E-state index contributed by atoms with van der Waals surface area (Å²) in [6, 6.07) is 4.31. The van der Waals surface area contributed by atoms with E-state index in [2.05, 4.69) is 11.6 Å². The summed E-state index contributed by atoms with van der Waals surface area (Å²) in [6.45, 7) is 3.90. The van der Waals surface area contributed by atoms with E-state index in [9.17, 15) is 13.5 Å². The Hall–Kier alpha value is -1.27. The number of nitrogens with one attached hydrogen (secondary N) is 1. The Morgan fingerprint density at radius 1 is 1.50 bits per heavy atom. The average Bonchev–Trinajstić information content (AvgIpc) is 2.27. The van der Waals surface area contributed by atoms with Crippen molar-refractivity contribution in [2.45, 2.75) is 11.3 Å². The summed E-state index contributed by atoms with van der Waals surface area (Å²) in [7, 11) is -2.40. The second kappa shape index (κ2) is 5.18. The van der Waals surface area contributed by atoms with Crippen molar-refractivity contribution < 1.29 is 18.3 Å². The molecule has 1 aromatic rings. The quantitative estimate of drug-likeness (QED) is 0.807. The van der Waals surface area contributed by atoms with Gasteiger partial charge in [0.05, 0.1) is 6.61 Å². The standard InChI is InChI=1S/C10H14NO4S/c1-3-7-15-8-5-4-6-9(10(8)12)16(13,14)11-2/h4-6,11-12H,1,3,7H2,2H3. The van der Waals surface area contributed by atoms with Gasteiger partial charge in [0.15, 0.2) is 11.5 Å². The molecule has 0 aliphatic rings. The van der Waals surface area contributed by atoms with Gasteiger partial charge >= 0.3 is 0 Å². The largest absolute Gasteiger partial charge is 0.503 e. The van der Waals surface area contributed by atoms with E-state index in [0.29, 0.717) is 13.0 Å². The Morgan fingerprint density at radius 3 is 2.75 bits per heavy atom. The van der Waals surface area contributed by atoms with Crippen LogP contribution in [0.4, 0.5) is 0 Å². The van der Waals surface area contributed by atoms with Crippen molar-refractivity contribution in [3.8, 4) is 11.5 Å². The first kappa shape index (κ1) is 12.8. The van der Waals surface area contributed by atoms with Crippen molar-refractivity contribution in [2.24, 2.45) is 0 Å². The lowest BCUT2D eigenvalue weighted by Gasteiger charge is -2.10. The number of para-hydroxylation sites is 1. The molecular formula is C10H14NO4S. The highest BCUT2D eigenvalue weighted by atomic mass is 32.2. The van der Waals surface area contributed by atoms with E-state index in [1.54, 1.807) is 0 Å². The molecule has 0 atom stereocenters. The zero-order valence-corrected chi connectivity index (χ0v) is 9.75. The summed E-state index contributed by atoms with van der Waals surface area (Å²) in [4.78, 5) is -0.198. The summed E-state index contributed by atoms with van der Waals surface area (Å²) in [5.41, 5.74) is 0. The molecule has 0 saturated carbocycles. The number of hydrogen-bond donors (Lipinski definition) is 2. The molecule has 89 valence electrons. The Morgan fingerprint density at radius 2 is 2.19 bits per heavy atom. The summed E-state index contributed by atoms with van der Waals surface area (Å²) in [6.07, 6.45) is 0.530. The number of rotatable bonds is 5. The lowest BCUT2D eigenvalue weighted by molar-refractivity contribution is 0.302. The molecule has 0 heterocycles. The third kappa shape index (κ3) is 2.65. The minimum atomic E-state index is -3.67. The van der Waals surface area contributed by atoms with Crippen LogP contribution >= 0.6 is 0 Å². The maximum Gasteiger partial charge on any atom is 0.244 e. The Kier molecular flexibility index (Phi) is 4.14. The molecule has 0 saturated heterocycles. The lowest BCUT2D eigenvalue weighted by Crippen LogP contribution is -2.18. The molecule has 0 fully saturated rings. The van der Waals surface area contributed by atoms with E-state index < -0.39 is 10.0 Å². The average molecular weight is 244 g/mol. The second-order valence-electron chi connectivity index (χ2n) is 3.01. The van der Waals surface area contributed by atoms with E-state index in [-0.39, 0.29) is 16.4 Å². The number of benzene rings is 1. The molecule has 5 nitrogen and oxygen atoms in total. The monoisotopic (exact) mass is 244 g/mol. The third-order valence-electron chi connectivity index (χ3n) is 1.92. The van der Waals surface area contributed by atoms with Gasteiger partial charge in [-0.3, -0.25) is 0 Å². The predicted octanol–water partition coefficient (Wildman–Crippen LogP) is 0.903. The van der Waals surface area contributed by atoms with Gasteiger partial charge in [0.25, 0.3) is 0 Å². The SMILES string of the molecule is [CH2]CCOc1cccc(S(=O)(=O)NC)c1O. The number of phenols is 1. The van der Waals surface area contributed by atoms with Gasteiger partial charge in [-0.1, -0.05) is 6.07 Å². The molecule has 0 aromatic heterocycles. The smallest absolute Gasteiger partial charge is 0.244 e. The molecule has 1 radical (unpaired) electrons. The highest BCUT2D eigenvalue weighted by Gasteiger charge is 2.19. The Labute approximate surface area is 95.1 Å². The molecule has 2 N–H and O–H groups in total. The van der Waals surface area contributed by atoms with Gasteiger partial charge in [-0.25, -0.2) is 13.1 Å². The first-order chi connectivity index (χ1) is 7.53. The van der Waals surface area contributed by atoms with Gasteiger partial charge in [0.1, 0.15) is 4.90 Å². The molecule has 0 aliphatic carbocycles. The molecule has 1 rings (SSSR count). The Balaban J connectivity index is 3.14. The van der Waals surface area contributed by atoms with Gasteiger partial charge in [0, 0.05) is 0 Å². The molecule has 0 aliphatic heterocycles. The number of sulfonamides is 1. The van der Waals surface area contributed by atoms with Crippen LogP contribution in [0.2, 0.25) is 0 Å². The maximum absolute atomic E-state index is 11.5. The first-order valence-electron chi connectivity index (χ1n) is 4.70. The zero-order valence-electron chi connectivity index (χ0n) is 8.93. The van der Waals surface area contributed by atoms with Gasteiger partial charge < -0.3 is 9.84 Å². The summed E-state index contributed by atoms with van der Waals surface area (Å²) in [5, 5.41) is 9.72. The molecule has 1 aromatic carbocycles.